The molecule has 0 spiro atoms. The number of benzene rings is 1. The second kappa shape index (κ2) is 8.08. The Hall–Kier alpha value is -2.77. The van der Waals surface area contributed by atoms with E-state index in [1.807, 2.05) is 39.0 Å². The summed E-state index contributed by atoms with van der Waals surface area (Å²) in [4.78, 5) is 32.7. The molecule has 1 fully saturated rings. The summed E-state index contributed by atoms with van der Waals surface area (Å²) in [6.07, 6.45) is -0.264. The summed E-state index contributed by atoms with van der Waals surface area (Å²) < 4.78 is 5.48. The van der Waals surface area contributed by atoms with Gasteiger partial charge in [0, 0.05) is 38.8 Å². The van der Waals surface area contributed by atoms with Gasteiger partial charge < -0.3 is 25.2 Å². The predicted molar refractivity (Wildman–Crippen MR) is 107 cm³/mol. The zero-order valence-corrected chi connectivity index (χ0v) is 17.0. The molecule has 3 rings (SSSR count). The molecule has 2 amide bonds. The number of amides is 2. The Morgan fingerprint density at radius 3 is 2.79 bits per heavy atom. The molecule has 1 atom stereocenters. The summed E-state index contributed by atoms with van der Waals surface area (Å²) in [5.41, 5.74) is 1.16. The van der Waals surface area contributed by atoms with Gasteiger partial charge in [-0.25, -0.2) is 4.79 Å². The molecule has 2 aliphatic rings. The first-order valence-corrected chi connectivity index (χ1v) is 9.61. The van der Waals surface area contributed by atoms with E-state index < -0.39 is 5.60 Å². The van der Waals surface area contributed by atoms with E-state index in [0.29, 0.717) is 38.3 Å². The number of hydrogen-bond donors (Lipinski definition) is 2. The first-order valence-electron chi connectivity index (χ1n) is 9.61. The van der Waals surface area contributed by atoms with Gasteiger partial charge in [0.05, 0.1) is 12.6 Å². The number of guanidine groups is 1. The molecule has 0 aromatic heterocycles. The number of carbonyl (C=O) groups excluding carboxylic acids is 2. The minimum absolute atomic E-state index is 0.0987. The highest BCUT2D eigenvalue weighted by molar-refractivity contribution is 5.94. The molecule has 28 heavy (non-hydrogen) atoms. The van der Waals surface area contributed by atoms with E-state index in [1.165, 1.54) is 0 Å². The van der Waals surface area contributed by atoms with Crippen molar-refractivity contribution >= 4 is 18.0 Å². The number of hydrogen-bond acceptors (Lipinski definition) is 6. The van der Waals surface area contributed by atoms with Crippen LogP contribution in [-0.4, -0.2) is 72.6 Å². The molecule has 0 bridgehead atoms. The second-order valence-corrected chi connectivity index (χ2v) is 8.07. The Kier molecular flexibility index (Phi) is 5.76. The van der Waals surface area contributed by atoms with Crippen LogP contribution in [0.1, 0.15) is 36.7 Å². The number of carbonyl (C=O) groups is 2. The van der Waals surface area contributed by atoms with Gasteiger partial charge in [0.1, 0.15) is 5.60 Å². The number of rotatable bonds is 3. The molecule has 8 nitrogen and oxygen atoms in total. The molecule has 8 heteroatoms. The van der Waals surface area contributed by atoms with Crippen LogP contribution in [0.15, 0.2) is 29.3 Å². The Bertz CT molecular complexity index is 771. The van der Waals surface area contributed by atoms with E-state index in [-0.39, 0.29) is 18.0 Å². The maximum atomic E-state index is 12.3. The van der Waals surface area contributed by atoms with Gasteiger partial charge in [0.2, 0.25) is 0 Å². The zero-order valence-electron chi connectivity index (χ0n) is 17.0. The average Bonchev–Trinajstić information content (AvgIpc) is 3.07. The third-order valence-electron chi connectivity index (χ3n) is 4.73. The highest BCUT2D eigenvalue weighted by Crippen LogP contribution is 2.19. The quantitative estimate of drug-likeness (QED) is 0.819. The second-order valence-electron chi connectivity index (χ2n) is 8.07. The van der Waals surface area contributed by atoms with Gasteiger partial charge in [0.25, 0.3) is 5.91 Å². The van der Waals surface area contributed by atoms with Crippen molar-refractivity contribution in [3.05, 3.63) is 35.4 Å². The molecule has 2 aliphatic heterocycles. The third kappa shape index (κ3) is 4.74. The van der Waals surface area contributed by atoms with Crippen LogP contribution in [0, 0.1) is 0 Å². The van der Waals surface area contributed by atoms with Crippen molar-refractivity contribution in [1.82, 2.24) is 20.4 Å². The summed E-state index contributed by atoms with van der Waals surface area (Å²) in [6, 6.07) is 7.69. The fourth-order valence-corrected chi connectivity index (χ4v) is 3.37. The summed E-state index contributed by atoms with van der Waals surface area (Å²) in [5, 5.41) is 6.01. The summed E-state index contributed by atoms with van der Waals surface area (Å²) in [6.45, 7) is 8.80. The standard InChI is InChI=1S/C20H29N5O3/c1-20(2,3)28-19(27)24-8-9-25-16(13-24)12-23-18(25)22-11-14-6-5-7-15(10-14)17(26)21-4/h5-7,10,16H,8-9,11-13H2,1-4H3,(H,21,26)(H,22,23). The molecule has 0 radical (unpaired) electrons. The molecule has 2 N–H and O–H groups in total. The third-order valence-corrected chi connectivity index (χ3v) is 4.73. The van der Waals surface area contributed by atoms with Crippen LogP contribution in [0.2, 0.25) is 0 Å². The van der Waals surface area contributed by atoms with Crippen molar-refractivity contribution in [3.63, 3.8) is 0 Å². The van der Waals surface area contributed by atoms with E-state index in [1.54, 1.807) is 18.0 Å². The Balaban J connectivity index is 1.54. The lowest BCUT2D eigenvalue weighted by atomic mass is 10.1. The van der Waals surface area contributed by atoms with Crippen molar-refractivity contribution < 1.29 is 14.3 Å². The lowest BCUT2D eigenvalue weighted by molar-refractivity contribution is 0.0137. The van der Waals surface area contributed by atoms with Crippen LogP contribution in [0.4, 0.5) is 4.79 Å². The van der Waals surface area contributed by atoms with E-state index in [9.17, 15) is 9.59 Å². The van der Waals surface area contributed by atoms with Crippen molar-refractivity contribution in [3.8, 4) is 0 Å². The highest BCUT2D eigenvalue weighted by atomic mass is 16.6. The van der Waals surface area contributed by atoms with Crippen LogP contribution < -0.4 is 10.6 Å². The van der Waals surface area contributed by atoms with Crippen molar-refractivity contribution in [1.29, 1.82) is 0 Å². The largest absolute Gasteiger partial charge is 0.444 e. The van der Waals surface area contributed by atoms with Gasteiger partial charge in [-0.1, -0.05) is 12.1 Å². The first-order chi connectivity index (χ1) is 13.3. The lowest BCUT2D eigenvalue weighted by Crippen LogP contribution is -2.57. The number of nitrogens with one attached hydrogen (secondary N) is 2. The van der Waals surface area contributed by atoms with E-state index in [4.69, 9.17) is 4.74 Å². The monoisotopic (exact) mass is 387 g/mol. The molecule has 1 unspecified atom stereocenters. The number of fused-ring (bicyclic) bond motifs is 1. The van der Waals surface area contributed by atoms with Crippen molar-refractivity contribution in [2.24, 2.45) is 4.99 Å². The average molecular weight is 387 g/mol. The summed E-state index contributed by atoms with van der Waals surface area (Å²) >= 11 is 0. The van der Waals surface area contributed by atoms with Gasteiger partial charge >= 0.3 is 6.09 Å². The zero-order chi connectivity index (χ0) is 20.3. The van der Waals surface area contributed by atoms with Gasteiger partial charge in [-0.05, 0) is 38.5 Å². The Morgan fingerprint density at radius 2 is 2.07 bits per heavy atom. The van der Waals surface area contributed by atoms with Crippen molar-refractivity contribution in [2.45, 2.75) is 39.0 Å². The van der Waals surface area contributed by atoms with Crippen LogP contribution >= 0.6 is 0 Å². The van der Waals surface area contributed by atoms with Crippen LogP contribution in [-0.2, 0) is 11.3 Å². The van der Waals surface area contributed by atoms with Gasteiger partial charge in [-0.2, -0.15) is 0 Å². The van der Waals surface area contributed by atoms with Gasteiger partial charge in [-0.15, -0.1) is 0 Å². The molecule has 0 saturated carbocycles. The van der Waals surface area contributed by atoms with Crippen LogP contribution in [0.3, 0.4) is 0 Å². The molecule has 1 aromatic rings. The lowest BCUT2D eigenvalue weighted by Gasteiger charge is -2.39. The molecule has 1 saturated heterocycles. The van der Waals surface area contributed by atoms with Gasteiger partial charge in [0.15, 0.2) is 5.96 Å². The first kappa shape index (κ1) is 20.0. The molecular formula is C20H29N5O3. The van der Waals surface area contributed by atoms with Crippen LogP contribution in [0.5, 0.6) is 0 Å². The number of nitrogens with zero attached hydrogens (tertiary/aromatic N) is 3. The smallest absolute Gasteiger partial charge is 0.410 e. The highest BCUT2D eigenvalue weighted by Gasteiger charge is 2.36. The van der Waals surface area contributed by atoms with Crippen LogP contribution in [0.25, 0.3) is 0 Å². The minimum atomic E-state index is -0.490. The Labute approximate surface area is 165 Å². The Morgan fingerprint density at radius 1 is 1.29 bits per heavy atom. The molecular weight excluding hydrogens is 358 g/mol. The minimum Gasteiger partial charge on any atom is -0.444 e. The van der Waals surface area contributed by atoms with Gasteiger partial charge in [-0.3, -0.25) is 9.79 Å². The molecule has 152 valence electrons. The van der Waals surface area contributed by atoms with E-state index >= 15 is 0 Å². The number of aliphatic imine (C=N–C) groups is 1. The van der Waals surface area contributed by atoms with E-state index in [2.05, 4.69) is 20.5 Å². The number of piperazine rings is 1. The fourth-order valence-electron chi connectivity index (χ4n) is 3.37. The van der Waals surface area contributed by atoms with Crippen molar-refractivity contribution in [2.75, 3.05) is 33.2 Å². The predicted octanol–water partition coefficient (Wildman–Crippen LogP) is 1.43. The normalized spacial score (nSPS) is 19.0. The fraction of sp³-hybridized carbons (Fsp3) is 0.550. The maximum absolute atomic E-state index is 12.3. The maximum Gasteiger partial charge on any atom is 0.410 e. The summed E-state index contributed by atoms with van der Waals surface area (Å²) in [5.74, 6) is 0.748. The molecule has 0 aliphatic carbocycles. The number of ether oxygens (including phenoxy) is 1. The SMILES string of the molecule is CNC(=O)c1cccc(CNC2=NCC3CN(C(=O)OC(C)(C)C)CCN23)c1. The summed E-state index contributed by atoms with van der Waals surface area (Å²) in [7, 11) is 1.62. The molecule has 1 aromatic carbocycles. The van der Waals surface area contributed by atoms with E-state index in [0.717, 1.165) is 11.5 Å². The molecule has 2 heterocycles. The topological polar surface area (TPSA) is 86.3 Å².